The van der Waals surface area contributed by atoms with E-state index in [1.54, 1.807) is 0 Å². The molecule has 0 N–H and O–H groups in total. The molecule has 0 aliphatic rings. The number of ketones is 1. The number of hydrogen-bond acceptors (Lipinski definition) is 1. The first kappa shape index (κ1) is 19.4. The first-order chi connectivity index (χ1) is 14.7. The molecular formula is C29H22O. The van der Waals surface area contributed by atoms with Crippen LogP contribution in [0.15, 0.2) is 110 Å². The Morgan fingerprint density at radius 1 is 0.567 bits per heavy atom. The smallest absolute Gasteiger partial charge is 0.193 e. The molecule has 0 aliphatic heterocycles. The van der Waals surface area contributed by atoms with Crippen LogP contribution in [0, 0.1) is 0 Å². The number of rotatable bonds is 6. The molecule has 0 bridgehead atoms. The van der Waals surface area contributed by atoms with E-state index in [-0.39, 0.29) is 5.78 Å². The lowest BCUT2D eigenvalue weighted by Crippen LogP contribution is -2.03. The molecule has 0 atom stereocenters. The summed E-state index contributed by atoms with van der Waals surface area (Å²) in [4.78, 5) is 13.3. The highest BCUT2D eigenvalue weighted by Crippen LogP contribution is 2.27. The fourth-order valence-corrected chi connectivity index (χ4v) is 3.51. The average Bonchev–Trinajstić information content (AvgIpc) is 2.84. The lowest BCUT2D eigenvalue weighted by atomic mass is 9.92. The van der Waals surface area contributed by atoms with E-state index >= 15 is 0 Å². The molecule has 0 aliphatic carbocycles. The molecule has 4 rings (SSSR count). The Morgan fingerprint density at radius 3 is 1.57 bits per heavy atom. The fraction of sp³-hybridized carbons (Fsp3) is 0. The van der Waals surface area contributed by atoms with Gasteiger partial charge in [-0.2, -0.15) is 0 Å². The highest BCUT2D eigenvalue weighted by atomic mass is 16.1. The molecule has 1 heteroatoms. The van der Waals surface area contributed by atoms with Gasteiger partial charge in [0.25, 0.3) is 0 Å². The number of carbonyl (C=O) groups is 1. The van der Waals surface area contributed by atoms with Gasteiger partial charge in [0.05, 0.1) is 0 Å². The van der Waals surface area contributed by atoms with E-state index < -0.39 is 0 Å². The third-order valence-corrected chi connectivity index (χ3v) is 5.26. The van der Waals surface area contributed by atoms with E-state index in [0.717, 1.165) is 33.4 Å². The van der Waals surface area contributed by atoms with Crippen LogP contribution in [0.5, 0.6) is 0 Å². The van der Waals surface area contributed by atoms with Crippen molar-refractivity contribution in [2.45, 2.75) is 0 Å². The van der Waals surface area contributed by atoms with E-state index in [9.17, 15) is 4.79 Å². The Kier molecular flexibility index (Phi) is 5.54. The monoisotopic (exact) mass is 386 g/mol. The highest BCUT2D eigenvalue weighted by Gasteiger charge is 2.14. The lowest BCUT2D eigenvalue weighted by molar-refractivity contribution is 0.103. The van der Waals surface area contributed by atoms with Gasteiger partial charge in [0.2, 0.25) is 0 Å². The van der Waals surface area contributed by atoms with Gasteiger partial charge in [0.15, 0.2) is 5.78 Å². The largest absolute Gasteiger partial charge is 0.289 e. The summed E-state index contributed by atoms with van der Waals surface area (Å²) in [5.41, 5.74) is 7.66. The summed E-state index contributed by atoms with van der Waals surface area (Å²) in [5.74, 6) is 0.0203. The third kappa shape index (κ3) is 3.92. The molecule has 0 saturated heterocycles. The van der Waals surface area contributed by atoms with Crippen molar-refractivity contribution in [1.82, 2.24) is 0 Å². The van der Waals surface area contributed by atoms with Crippen molar-refractivity contribution in [3.63, 3.8) is 0 Å². The first-order valence-electron chi connectivity index (χ1n) is 9.89. The van der Waals surface area contributed by atoms with Crippen molar-refractivity contribution in [2.24, 2.45) is 0 Å². The van der Waals surface area contributed by atoms with Crippen molar-refractivity contribution in [1.29, 1.82) is 0 Å². The van der Waals surface area contributed by atoms with Crippen molar-refractivity contribution in [2.75, 3.05) is 0 Å². The average molecular weight is 386 g/mol. The van der Waals surface area contributed by atoms with E-state index in [1.807, 2.05) is 97.1 Å². The molecule has 0 spiro atoms. The molecule has 0 amide bonds. The molecule has 144 valence electrons. The molecule has 4 aromatic carbocycles. The molecule has 0 fully saturated rings. The molecule has 0 heterocycles. The van der Waals surface area contributed by atoms with Crippen molar-refractivity contribution in [3.05, 3.63) is 132 Å². The van der Waals surface area contributed by atoms with Gasteiger partial charge in [-0.1, -0.05) is 122 Å². The Morgan fingerprint density at radius 2 is 1.03 bits per heavy atom. The van der Waals surface area contributed by atoms with Crippen LogP contribution >= 0.6 is 0 Å². The van der Waals surface area contributed by atoms with Gasteiger partial charge in [-0.05, 0) is 33.4 Å². The molecule has 0 unspecified atom stereocenters. The SMILES string of the molecule is C=Cc1ccc(-c2ccc(C(=O)c3ccccc3-c3ccc(C=C)cc3)cc2)cc1. The van der Waals surface area contributed by atoms with Crippen LogP contribution in [0.3, 0.4) is 0 Å². The molecule has 4 aromatic rings. The van der Waals surface area contributed by atoms with E-state index in [2.05, 4.69) is 25.3 Å². The van der Waals surface area contributed by atoms with Crippen LogP contribution < -0.4 is 0 Å². The van der Waals surface area contributed by atoms with Crippen LogP contribution in [0.25, 0.3) is 34.4 Å². The zero-order chi connectivity index (χ0) is 20.9. The minimum Gasteiger partial charge on any atom is -0.289 e. The van der Waals surface area contributed by atoms with Crippen LogP contribution in [0.2, 0.25) is 0 Å². The topological polar surface area (TPSA) is 17.1 Å². The summed E-state index contributed by atoms with van der Waals surface area (Å²) in [6.45, 7) is 7.59. The highest BCUT2D eigenvalue weighted by molar-refractivity contribution is 6.13. The maximum absolute atomic E-state index is 13.3. The number of carbonyl (C=O) groups excluding carboxylic acids is 1. The first-order valence-corrected chi connectivity index (χ1v) is 9.89. The zero-order valence-corrected chi connectivity index (χ0v) is 16.7. The molecule has 1 nitrogen and oxygen atoms in total. The predicted molar refractivity (Wildman–Crippen MR) is 127 cm³/mol. The lowest BCUT2D eigenvalue weighted by Gasteiger charge is -2.10. The molecule has 30 heavy (non-hydrogen) atoms. The van der Waals surface area contributed by atoms with Crippen LogP contribution in [0.4, 0.5) is 0 Å². The van der Waals surface area contributed by atoms with Crippen molar-refractivity contribution in [3.8, 4) is 22.3 Å². The van der Waals surface area contributed by atoms with Crippen molar-refractivity contribution >= 4 is 17.9 Å². The second-order valence-corrected chi connectivity index (χ2v) is 7.10. The number of hydrogen-bond donors (Lipinski definition) is 0. The van der Waals surface area contributed by atoms with Gasteiger partial charge < -0.3 is 0 Å². The van der Waals surface area contributed by atoms with Gasteiger partial charge in [0.1, 0.15) is 0 Å². The van der Waals surface area contributed by atoms with Gasteiger partial charge in [-0.15, -0.1) is 0 Å². The Balaban J connectivity index is 1.64. The predicted octanol–water partition coefficient (Wildman–Crippen LogP) is 7.54. The second-order valence-electron chi connectivity index (χ2n) is 7.10. The summed E-state index contributed by atoms with van der Waals surface area (Å²) >= 11 is 0. The standard InChI is InChI=1S/C29H22O/c1-3-21-9-13-23(14-10-21)24-17-19-26(20-18-24)29(30)28-8-6-5-7-27(28)25-15-11-22(4-2)12-16-25/h3-20H,1-2H2. The summed E-state index contributed by atoms with van der Waals surface area (Å²) in [6, 6.07) is 31.8. The van der Waals surface area contributed by atoms with E-state index in [1.165, 1.54) is 0 Å². The molecule has 0 radical (unpaired) electrons. The minimum atomic E-state index is 0.0203. The van der Waals surface area contributed by atoms with Gasteiger partial charge >= 0.3 is 0 Å². The Hall–Kier alpha value is -3.97. The van der Waals surface area contributed by atoms with E-state index in [0.29, 0.717) is 11.1 Å². The second kappa shape index (κ2) is 8.59. The minimum absolute atomic E-state index is 0.0203. The van der Waals surface area contributed by atoms with Crippen LogP contribution in [-0.4, -0.2) is 5.78 Å². The summed E-state index contributed by atoms with van der Waals surface area (Å²) in [5, 5.41) is 0. The van der Waals surface area contributed by atoms with Crippen molar-refractivity contribution < 1.29 is 4.79 Å². The molecule has 0 aromatic heterocycles. The van der Waals surface area contributed by atoms with Crippen LogP contribution in [0.1, 0.15) is 27.0 Å². The third-order valence-electron chi connectivity index (χ3n) is 5.26. The van der Waals surface area contributed by atoms with Gasteiger partial charge in [-0.3, -0.25) is 4.79 Å². The fourth-order valence-electron chi connectivity index (χ4n) is 3.51. The summed E-state index contributed by atoms with van der Waals surface area (Å²) in [7, 11) is 0. The molecular weight excluding hydrogens is 364 g/mol. The van der Waals surface area contributed by atoms with E-state index in [4.69, 9.17) is 0 Å². The number of benzene rings is 4. The normalized spacial score (nSPS) is 10.4. The zero-order valence-electron chi connectivity index (χ0n) is 16.7. The molecule has 0 saturated carbocycles. The van der Waals surface area contributed by atoms with Crippen LogP contribution in [-0.2, 0) is 0 Å². The maximum Gasteiger partial charge on any atom is 0.193 e. The quantitative estimate of drug-likeness (QED) is 0.313. The summed E-state index contributed by atoms with van der Waals surface area (Å²) < 4.78 is 0. The Bertz CT molecular complexity index is 1190. The Labute approximate surface area is 177 Å². The van der Waals surface area contributed by atoms with Gasteiger partial charge in [0, 0.05) is 11.1 Å². The maximum atomic E-state index is 13.3. The summed E-state index contributed by atoms with van der Waals surface area (Å²) in [6.07, 6.45) is 3.64. The van der Waals surface area contributed by atoms with Gasteiger partial charge in [-0.25, -0.2) is 0 Å².